The molecule has 0 aliphatic rings. The molecule has 9 aromatic carbocycles. The van der Waals surface area contributed by atoms with Crippen LogP contribution < -0.4 is 4.90 Å². The predicted octanol–water partition coefficient (Wildman–Crippen LogP) is 14.2. The first-order valence-corrected chi connectivity index (χ1v) is 18.9. The molecule has 3 nitrogen and oxygen atoms in total. The van der Waals surface area contributed by atoms with Crippen molar-refractivity contribution in [1.29, 1.82) is 0 Å². The standard InChI is InChI=1S/C52H35N3/c1-3-14-39(15-4-1)53(43-32-34-50-47(35-43)45-19-9-11-21-48(45)54(50)40-16-5-2-6-17-40)41-28-23-36(24-29-41)37-25-30-42(31-26-37)55-49-22-12-10-20-46(49)52-44-18-8-7-13-38(44)27-33-51(52)55/h1-35H. The largest absolute Gasteiger partial charge is 0.310 e. The van der Waals surface area contributed by atoms with Crippen molar-refractivity contribution in [3.05, 3.63) is 212 Å². The maximum absolute atomic E-state index is 2.40. The summed E-state index contributed by atoms with van der Waals surface area (Å²) in [5, 5.41) is 7.60. The van der Waals surface area contributed by atoms with E-state index in [1.165, 1.54) is 65.5 Å². The fourth-order valence-corrected chi connectivity index (χ4v) is 8.60. The second-order valence-corrected chi connectivity index (χ2v) is 14.2. The number of hydrogen-bond acceptors (Lipinski definition) is 1. The van der Waals surface area contributed by atoms with Crippen LogP contribution in [0.3, 0.4) is 0 Å². The highest BCUT2D eigenvalue weighted by molar-refractivity contribution is 6.21. The topological polar surface area (TPSA) is 13.1 Å². The van der Waals surface area contributed by atoms with Gasteiger partial charge in [-0.3, -0.25) is 0 Å². The number of anilines is 3. The van der Waals surface area contributed by atoms with Crippen molar-refractivity contribution in [3.8, 4) is 22.5 Å². The number of benzene rings is 9. The summed E-state index contributed by atoms with van der Waals surface area (Å²) in [7, 11) is 0. The van der Waals surface area contributed by atoms with E-state index in [1.54, 1.807) is 0 Å². The molecule has 0 aliphatic carbocycles. The molecule has 0 bridgehead atoms. The Morgan fingerprint density at radius 3 is 1.53 bits per heavy atom. The Bertz CT molecular complexity index is 3170. The number of nitrogens with zero attached hydrogens (tertiary/aromatic N) is 3. The van der Waals surface area contributed by atoms with Gasteiger partial charge in [0.15, 0.2) is 0 Å². The number of para-hydroxylation sites is 4. The van der Waals surface area contributed by atoms with Gasteiger partial charge in [-0.25, -0.2) is 0 Å². The molecule has 258 valence electrons. The van der Waals surface area contributed by atoms with Crippen LogP contribution in [0.2, 0.25) is 0 Å². The molecule has 3 heteroatoms. The van der Waals surface area contributed by atoms with Crippen LogP contribution in [-0.4, -0.2) is 9.13 Å². The average molecular weight is 702 g/mol. The normalized spacial score (nSPS) is 11.6. The Morgan fingerprint density at radius 1 is 0.291 bits per heavy atom. The molecule has 0 saturated carbocycles. The molecule has 0 amide bonds. The number of hydrogen-bond donors (Lipinski definition) is 0. The Hall–Kier alpha value is -7.36. The molecular formula is C52H35N3. The van der Waals surface area contributed by atoms with E-state index in [-0.39, 0.29) is 0 Å². The number of fused-ring (bicyclic) bond motifs is 8. The summed E-state index contributed by atoms with van der Waals surface area (Å²) >= 11 is 0. The molecule has 0 saturated heterocycles. The van der Waals surface area contributed by atoms with E-state index in [9.17, 15) is 0 Å². The van der Waals surface area contributed by atoms with Gasteiger partial charge in [-0.2, -0.15) is 0 Å². The van der Waals surface area contributed by atoms with E-state index in [2.05, 4.69) is 226 Å². The summed E-state index contributed by atoms with van der Waals surface area (Å²) in [4.78, 5) is 2.35. The fourth-order valence-electron chi connectivity index (χ4n) is 8.60. The zero-order valence-corrected chi connectivity index (χ0v) is 30.0. The average Bonchev–Trinajstić information content (AvgIpc) is 3.78. The van der Waals surface area contributed by atoms with Crippen LogP contribution in [0, 0.1) is 0 Å². The molecule has 2 heterocycles. The van der Waals surface area contributed by atoms with Gasteiger partial charge in [0.2, 0.25) is 0 Å². The van der Waals surface area contributed by atoms with Gasteiger partial charge < -0.3 is 14.0 Å². The SMILES string of the molecule is c1ccc(N(c2ccc(-c3ccc(-n4c5ccccc5c5c6ccccc6ccc54)cc3)cc2)c2ccc3c(c2)c2ccccc2n3-c2ccccc2)cc1. The monoisotopic (exact) mass is 701 g/mol. The smallest absolute Gasteiger partial charge is 0.0547 e. The first kappa shape index (κ1) is 31.2. The van der Waals surface area contributed by atoms with Crippen molar-refractivity contribution in [2.24, 2.45) is 0 Å². The van der Waals surface area contributed by atoms with Gasteiger partial charge in [0, 0.05) is 50.0 Å². The van der Waals surface area contributed by atoms with Crippen molar-refractivity contribution in [2.45, 2.75) is 0 Å². The van der Waals surface area contributed by atoms with Gasteiger partial charge >= 0.3 is 0 Å². The van der Waals surface area contributed by atoms with Gasteiger partial charge in [-0.1, -0.05) is 127 Å². The van der Waals surface area contributed by atoms with Crippen molar-refractivity contribution in [1.82, 2.24) is 9.13 Å². The van der Waals surface area contributed by atoms with Crippen molar-refractivity contribution in [2.75, 3.05) is 4.90 Å². The lowest BCUT2D eigenvalue weighted by molar-refractivity contribution is 1.18. The molecule has 0 radical (unpaired) electrons. The highest BCUT2D eigenvalue weighted by Crippen LogP contribution is 2.41. The minimum atomic E-state index is 1.11. The van der Waals surface area contributed by atoms with Crippen LogP contribution in [0.1, 0.15) is 0 Å². The summed E-state index contributed by atoms with van der Waals surface area (Å²) in [5.41, 5.74) is 12.9. The van der Waals surface area contributed by atoms with Crippen LogP contribution >= 0.6 is 0 Å². The minimum Gasteiger partial charge on any atom is -0.310 e. The van der Waals surface area contributed by atoms with E-state index < -0.39 is 0 Å². The summed E-state index contributed by atoms with van der Waals surface area (Å²) in [6.07, 6.45) is 0. The third-order valence-electron chi connectivity index (χ3n) is 11.1. The predicted molar refractivity (Wildman–Crippen MR) is 233 cm³/mol. The van der Waals surface area contributed by atoms with Gasteiger partial charge in [0.1, 0.15) is 0 Å². The van der Waals surface area contributed by atoms with E-state index >= 15 is 0 Å². The molecule has 0 aliphatic heterocycles. The van der Waals surface area contributed by atoms with Gasteiger partial charge in [-0.15, -0.1) is 0 Å². The molecule has 0 spiro atoms. The van der Waals surface area contributed by atoms with Crippen molar-refractivity contribution >= 4 is 71.4 Å². The summed E-state index contributed by atoms with van der Waals surface area (Å²) in [6, 6.07) is 76.8. The Kier molecular flexibility index (Phi) is 7.17. The minimum absolute atomic E-state index is 1.11. The molecule has 11 aromatic rings. The lowest BCUT2D eigenvalue weighted by Gasteiger charge is -2.26. The quantitative estimate of drug-likeness (QED) is 0.168. The number of aromatic nitrogens is 2. The van der Waals surface area contributed by atoms with E-state index in [0.717, 1.165) is 28.4 Å². The molecular weight excluding hydrogens is 667 g/mol. The second-order valence-electron chi connectivity index (χ2n) is 14.2. The summed E-state index contributed by atoms with van der Waals surface area (Å²) in [5.74, 6) is 0. The number of rotatable bonds is 6. The van der Waals surface area contributed by atoms with Gasteiger partial charge in [0.05, 0.1) is 22.1 Å². The fraction of sp³-hybridized carbons (Fsp3) is 0. The van der Waals surface area contributed by atoms with E-state index in [4.69, 9.17) is 0 Å². The summed E-state index contributed by atoms with van der Waals surface area (Å²) < 4.78 is 4.76. The third-order valence-corrected chi connectivity index (χ3v) is 11.1. The molecule has 0 unspecified atom stereocenters. The lowest BCUT2D eigenvalue weighted by Crippen LogP contribution is -2.09. The third kappa shape index (κ3) is 5.05. The van der Waals surface area contributed by atoms with Crippen molar-refractivity contribution in [3.63, 3.8) is 0 Å². The molecule has 11 rings (SSSR count). The molecule has 2 aromatic heterocycles. The van der Waals surface area contributed by atoms with Gasteiger partial charge in [0.25, 0.3) is 0 Å². The maximum Gasteiger partial charge on any atom is 0.0547 e. The first-order valence-electron chi connectivity index (χ1n) is 18.9. The highest BCUT2D eigenvalue weighted by Gasteiger charge is 2.18. The second kappa shape index (κ2) is 12.6. The van der Waals surface area contributed by atoms with Gasteiger partial charge in [-0.05, 0) is 107 Å². The Balaban J connectivity index is 0.978. The van der Waals surface area contributed by atoms with Crippen LogP contribution in [0.25, 0.3) is 76.9 Å². The summed E-state index contributed by atoms with van der Waals surface area (Å²) in [6.45, 7) is 0. The van der Waals surface area contributed by atoms with E-state index in [0.29, 0.717) is 0 Å². The Labute approximate surface area is 319 Å². The maximum atomic E-state index is 2.40. The van der Waals surface area contributed by atoms with Crippen LogP contribution in [-0.2, 0) is 0 Å². The van der Waals surface area contributed by atoms with E-state index in [1.807, 2.05) is 0 Å². The lowest BCUT2D eigenvalue weighted by atomic mass is 10.0. The zero-order chi connectivity index (χ0) is 36.3. The molecule has 55 heavy (non-hydrogen) atoms. The van der Waals surface area contributed by atoms with Crippen LogP contribution in [0.5, 0.6) is 0 Å². The molecule has 0 atom stereocenters. The Morgan fingerprint density at radius 2 is 0.782 bits per heavy atom. The first-order chi connectivity index (χ1) is 27.3. The molecule has 0 fully saturated rings. The van der Waals surface area contributed by atoms with Crippen molar-refractivity contribution < 1.29 is 0 Å². The van der Waals surface area contributed by atoms with Crippen LogP contribution in [0.4, 0.5) is 17.1 Å². The van der Waals surface area contributed by atoms with Crippen LogP contribution in [0.15, 0.2) is 212 Å². The molecule has 0 N–H and O–H groups in total. The zero-order valence-electron chi connectivity index (χ0n) is 30.0. The highest BCUT2D eigenvalue weighted by atomic mass is 15.1.